The third kappa shape index (κ3) is 5.97. The Balaban J connectivity index is 1.36. The van der Waals surface area contributed by atoms with E-state index in [1.54, 1.807) is 14.2 Å². The Labute approximate surface area is 167 Å². The van der Waals surface area contributed by atoms with E-state index in [1.165, 1.54) is 5.56 Å². The summed E-state index contributed by atoms with van der Waals surface area (Å²) in [6.45, 7) is 5.68. The minimum Gasteiger partial charge on any atom is -0.497 e. The van der Waals surface area contributed by atoms with Crippen LogP contribution in [0.4, 0.5) is 0 Å². The van der Waals surface area contributed by atoms with Crippen molar-refractivity contribution < 1.29 is 14.3 Å². The fourth-order valence-electron chi connectivity index (χ4n) is 3.30. The van der Waals surface area contributed by atoms with Gasteiger partial charge < -0.3 is 14.8 Å². The normalized spacial score (nSPS) is 15.2. The lowest BCUT2D eigenvalue weighted by atomic mass is 10.2. The molecule has 2 aromatic carbocycles. The largest absolute Gasteiger partial charge is 0.497 e. The highest BCUT2D eigenvalue weighted by molar-refractivity contribution is 5.78. The first-order valence-electron chi connectivity index (χ1n) is 9.63. The van der Waals surface area contributed by atoms with Gasteiger partial charge in [-0.05, 0) is 35.4 Å². The third-order valence-corrected chi connectivity index (χ3v) is 5.05. The van der Waals surface area contributed by atoms with Gasteiger partial charge in [0, 0.05) is 39.3 Å². The standard InChI is InChI=1S/C22H29N3O3/c1-27-20-7-3-18(4-8-20)15-23-22(26)17-25-13-11-24(12-14-25)16-19-5-9-21(28-2)10-6-19/h3-10H,11-17H2,1-2H3,(H,23,26). The van der Waals surface area contributed by atoms with E-state index in [2.05, 4.69) is 27.2 Å². The molecular formula is C22H29N3O3. The molecule has 0 aromatic heterocycles. The van der Waals surface area contributed by atoms with Gasteiger partial charge in [-0.15, -0.1) is 0 Å². The minimum absolute atomic E-state index is 0.0689. The van der Waals surface area contributed by atoms with E-state index in [4.69, 9.17) is 9.47 Å². The van der Waals surface area contributed by atoms with Crippen molar-refractivity contribution in [2.75, 3.05) is 46.9 Å². The van der Waals surface area contributed by atoms with Crippen molar-refractivity contribution in [1.82, 2.24) is 15.1 Å². The van der Waals surface area contributed by atoms with Crippen LogP contribution in [0.1, 0.15) is 11.1 Å². The highest BCUT2D eigenvalue weighted by Gasteiger charge is 2.19. The molecule has 1 heterocycles. The van der Waals surface area contributed by atoms with Gasteiger partial charge in [0.15, 0.2) is 0 Å². The van der Waals surface area contributed by atoms with Crippen molar-refractivity contribution in [1.29, 1.82) is 0 Å². The van der Waals surface area contributed by atoms with E-state index in [-0.39, 0.29) is 5.91 Å². The molecule has 1 fully saturated rings. The summed E-state index contributed by atoms with van der Waals surface area (Å²) in [5.74, 6) is 1.77. The van der Waals surface area contributed by atoms with Crippen LogP contribution in [0, 0.1) is 0 Å². The molecule has 6 nitrogen and oxygen atoms in total. The molecule has 3 rings (SSSR count). The number of hydrogen-bond acceptors (Lipinski definition) is 5. The fraction of sp³-hybridized carbons (Fsp3) is 0.409. The summed E-state index contributed by atoms with van der Waals surface area (Å²) in [4.78, 5) is 16.9. The molecule has 0 unspecified atom stereocenters. The lowest BCUT2D eigenvalue weighted by molar-refractivity contribution is -0.122. The van der Waals surface area contributed by atoms with E-state index in [0.717, 1.165) is 49.8 Å². The van der Waals surface area contributed by atoms with Gasteiger partial charge in [-0.1, -0.05) is 24.3 Å². The smallest absolute Gasteiger partial charge is 0.234 e. The van der Waals surface area contributed by atoms with E-state index in [0.29, 0.717) is 13.1 Å². The van der Waals surface area contributed by atoms with Crippen LogP contribution in [-0.2, 0) is 17.9 Å². The van der Waals surface area contributed by atoms with Crippen molar-refractivity contribution in [3.8, 4) is 11.5 Å². The van der Waals surface area contributed by atoms with E-state index in [9.17, 15) is 4.79 Å². The first-order valence-corrected chi connectivity index (χ1v) is 9.63. The molecule has 0 atom stereocenters. The number of methoxy groups -OCH3 is 2. The number of ether oxygens (including phenoxy) is 2. The minimum atomic E-state index is 0.0689. The molecule has 0 bridgehead atoms. The Morgan fingerprint density at radius 3 is 1.86 bits per heavy atom. The number of benzene rings is 2. The van der Waals surface area contributed by atoms with Gasteiger partial charge in [0.2, 0.25) is 5.91 Å². The first kappa shape index (κ1) is 20.2. The Morgan fingerprint density at radius 2 is 1.32 bits per heavy atom. The summed E-state index contributed by atoms with van der Waals surface area (Å²) in [5.41, 5.74) is 2.35. The zero-order valence-electron chi connectivity index (χ0n) is 16.7. The molecule has 28 heavy (non-hydrogen) atoms. The molecule has 6 heteroatoms. The maximum Gasteiger partial charge on any atom is 0.234 e. The van der Waals surface area contributed by atoms with E-state index >= 15 is 0 Å². The third-order valence-electron chi connectivity index (χ3n) is 5.05. The number of amides is 1. The number of nitrogens with zero attached hydrogens (tertiary/aromatic N) is 2. The summed E-state index contributed by atoms with van der Waals surface area (Å²) in [6, 6.07) is 16.0. The summed E-state index contributed by atoms with van der Waals surface area (Å²) in [7, 11) is 3.33. The number of nitrogens with one attached hydrogen (secondary N) is 1. The van der Waals surface area contributed by atoms with Gasteiger partial charge in [-0.3, -0.25) is 14.6 Å². The Hall–Kier alpha value is -2.57. The van der Waals surface area contributed by atoms with E-state index in [1.807, 2.05) is 36.4 Å². The maximum atomic E-state index is 12.2. The summed E-state index contributed by atoms with van der Waals surface area (Å²) < 4.78 is 10.4. The average Bonchev–Trinajstić information content (AvgIpc) is 2.74. The second-order valence-corrected chi connectivity index (χ2v) is 7.03. The molecule has 1 aliphatic rings. The van der Waals surface area contributed by atoms with Gasteiger partial charge >= 0.3 is 0 Å². The zero-order chi connectivity index (χ0) is 19.8. The van der Waals surface area contributed by atoms with Crippen LogP contribution in [0.15, 0.2) is 48.5 Å². The first-order chi connectivity index (χ1) is 13.7. The number of piperazine rings is 1. The molecular weight excluding hydrogens is 354 g/mol. The molecule has 2 aromatic rings. The summed E-state index contributed by atoms with van der Waals surface area (Å²) in [6.07, 6.45) is 0. The highest BCUT2D eigenvalue weighted by atomic mass is 16.5. The molecule has 1 aliphatic heterocycles. The van der Waals surface area contributed by atoms with Crippen molar-refractivity contribution >= 4 is 5.91 Å². The second-order valence-electron chi connectivity index (χ2n) is 7.03. The lowest BCUT2D eigenvalue weighted by Gasteiger charge is -2.34. The molecule has 1 saturated heterocycles. The lowest BCUT2D eigenvalue weighted by Crippen LogP contribution is -2.49. The van der Waals surface area contributed by atoms with Crippen LogP contribution < -0.4 is 14.8 Å². The second kappa shape index (κ2) is 10.1. The Kier molecular flexibility index (Phi) is 7.28. The number of rotatable bonds is 8. The molecule has 150 valence electrons. The average molecular weight is 383 g/mol. The van der Waals surface area contributed by atoms with E-state index < -0.39 is 0 Å². The monoisotopic (exact) mass is 383 g/mol. The van der Waals surface area contributed by atoms with Gasteiger partial charge in [0.25, 0.3) is 0 Å². The topological polar surface area (TPSA) is 54.0 Å². The van der Waals surface area contributed by atoms with Gasteiger partial charge in [-0.25, -0.2) is 0 Å². The SMILES string of the molecule is COc1ccc(CNC(=O)CN2CCN(Cc3ccc(OC)cc3)CC2)cc1. The van der Waals surface area contributed by atoms with Crippen molar-refractivity contribution in [3.63, 3.8) is 0 Å². The molecule has 0 saturated carbocycles. The Bertz CT molecular complexity index is 739. The number of hydrogen-bond donors (Lipinski definition) is 1. The summed E-state index contributed by atoms with van der Waals surface area (Å²) in [5, 5.41) is 3.00. The molecule has 0 spiro atoms. The maximum absolute atomic E-state index is 12.2. The van der Waals surface area contributed by atoms with Crippen molar-refractivity contribution in [2.45, 2.75) is 13.1 Å². The molecule has 0 radical (unpaired) electrons. The van der Waals surface area contributed by atoms with Gasteiger partial charge in [0.1, 0.15) is 11.5 Å². The fourth-order valence-corrected chi connectivity index (χ4v) is 3.30. The highest BCUT2D eigenvalue weighted by Crippen LogP contribution is 2.14. The molecule has 0 aliphatic carbocycles. The number of carbonyl (C=O) groups is 1. The zero-order valence-corrected chi connectivity index (χ0v) is 16.7. The molecule has 1 amide bonds. The molecule has 1 N–H and O–H groups in total. The Morgan fingerprint density at radius 1 is 0.821 bits per heavy atom. The van der Waals surface area contributed by atoms with Crippen LogP contribution in [0.5, 0.6) is 11.5 Å². The van der Waals surface area contributed by atoms with Gasteiger partial charge in [0.05, 0.1) is 20.8 Å². The van der Waals surface area contributed by atoms with Crippen LogP contribution in [0.3, 0.4) is 0 Å². The van der Waals surface area contributed by atoms with Crippen molar-refractivity contribution in [2.24, 2.45) is 0 Å². The predicted octanol–water partition coefficient (Wildman–Crippen LogP) is 2.14. The quantitative estimate of drug-likeness (QED) is 0.757. The van der Waals surface area contributed by atoms with Crippen LogP contribution in [0.25, 0.3) is 0 Å². The summed E-state index contributed by atoms with van der Waals surface area (Å²) >= 11 is 0. The number of carbonyl (C=O) groups excluding carboxylic acids is 1. The van der Waals surface area contributed by atoms with Crippen LogP contribution in [-0.4, -0.2) is 62.7 Å². The van der Waals surface area contributed by atoms with Gasteiger partial charge in [-0.2, -0.15) is 0 Å². The van der Waals surface area contributed by atoms with Crippen LogP contribution >= 0.6 is 0 Å². The predicted molar refractivity (Wildman–Crippen MR) is 110 cm³/mol. The van der Waals surface area contributed by atoms with Crippen LogP contribution in [0.2, 0.25) is 0 Å². The van der Waals surface area contributed by atoms with Crippen molar-refractivity contribution in [3.05, 3.63) is 59.7 Å².